The molecule has 0 aromatic carbocycles. The molecule has 1 saturated carbocycles. The second kappa shape index (κ2) is 6.21. The number of hydrogen-bond donors (Lipinski definition) is 3. The Bertz CT molecular complexity index is 254. The molecule has 1 aliphatic carbocycles. The highest BCUT2D eigenvalue weighted by Gasteiger charge is 2.24. The molecule has 5 heteroatoms. The summed E-state index contributed by atoms with van der Waals surface area (Å²) < 4.78 is 5.22. The van der Waals surface area contributed by atoms with Crippen molar-refractivity contribution in [2.45, 2.75) is 56.7 Å². The maximum Gasteiger partial charge on any atom is 0.315 e. The van der Waals surface area contributed by atoms with Crippen LogP contribution >= 0.6 is 0 Å². The Balaban J connectivity index is 1.75. The fourth-order valence-corrected chi connectivity index (χ4v) is 2.56. The predicted molar refractivity (Wildman–Crippen MR) is 65.7 cm³/mol. The molecule has 2 amide bonds. The Morgan fingerprint density at radius 3 is 2.71 bits per heavy atom. The number of rotatable bonds is 2. The summed E-state index contributed by atoms with van der Waals surface area (Å²) in [5.41, 5.74) is 6.07. The van der Waals surface area contributed by atoms with Crippen molar-refractivity contribution < 1.29 is 9.53 Å². The zero-order valence-corrected chi connectivity index (χ0v) is 10.3. The van der Waals surface area contributed by atoms with Gasteiger partial charge < -0.3 is 21.1 Å². The van der Waals surface area contributed by atoms with Gasteiger partial charge in [0.05, 0.1) is 12.6 Å². The molecule has 17 heavy (non-hydrogen) atoms. The minimum atomic E-state index is -0.0946. The van der Waals surface area contributed by atoms with Crippen LogP contribution in [-0.4, -0.2) is 37.4 Å². The Morgan fingerprint density at radius 1 is 1.12 bits per heavy atom. The van der Waals surface area contributed by atoms with Crippen LogP contribution in [0.1, 0.15) is 38.5 Å². The first-order chi connectivity index (χ1) is 8.25. The van der Waals surface area contributed by atoms with Crippen LogP contribution in [0.5, 0.6) is 0 Å². The third-order valence-corrected chi connectivity index (χ3v) is 3.65. The normalized spacial score (nSPS) is 34.1. The maximum absolute atomic E-state index is 11.8. The Hall–Kier alpha value is -0.810. The molecule has 0 radical (unpaired) electrons. The lowest BCUT2D eigenvalue weighted by Crippen LogP contribution is -2.52. The van der Waals surface area contributed by atoms with E-state index in [0.717, 1.165) is 32.3 Å². The first-order valence-corrected chi connectivity index (χ1v) is 6.66. The van der Waals surface area contributed by atoms with E-state index < -0.39 is 0 Å². The Morgan fingerprint density at radius 2 is 1.94 bits per heavy atom. The number of nitrogens with one attached hydrogen (secondary N) is 2. The number of amides is 2. The van der Waals surface area contributed by atoms with Crippen molar-refractivity contribution in [1.82, 2.24) is 10.6 Å². The topological polar surface area (TPSA) is 76.4 Å². The van der Waals surface area contributed by atoms with Crippen LogP contribution in [0.15, 0.2) is 0 Å². The van der Waals surface area contributed by atoms with Crippen molar-refractivity contribution in [3.63, 3.8) is 0 Å². The van der Waals surface area contributed by atoms with Gasteiger partial charge in [0.2, 0.25) is 0 Å². The van der Waals surface area contributed by atoms with Gasteiger partial charge in [0.25, 0.3) is 0 Å². The van der Waals surface area contributed by atoms with E-state index in [4.69, 9.17) is 10.5 Å². The van der Waals surface area contributed by atoms with Crippen molar-refractivity contribution in [3.05, 3.63) is 0 Å². The van der Waals surface area contributed by atoms with Crippen LogP contribution in [-0.2, 0) is 4.74 Å². The standard InChI is InChI=1S/C12H23N3O2/c13-10-4-2-1-3-5-11(10)15-12(16)14-9-6-7-17-8-9/h9-11H,1-8,13H2,(H2,14,15,16). The number of ether oxygens (including phenoxy) is 1. The lowest BCUT2D eigenvalue weighted by Gasteiger charge is -2.23. The second-order valence-electron chi connectivity index (χ2n) is 5.09. The average Bonchev–Trinajstić information content (AvgIpc) is 2.71. The van der Waals surface area contributed by atoms with Gasteiger partial charge in [0.1, 0.15) is 0 Å². The van der Waals surface area contributed by atoms with Crippen LogP contribution in [0.2, 0.25) is 0 Å². The maximum atomic E-state index is 11.8. The first-order valence-electron chi connectivity index (χ1n) is 6.66. The van der Waals surface area contributed by atoms with Gasteiger partial charge >= 0.3 is 6.03 Å². The molecule has 2 rings (SSSR count). The molecule has 98 valence electrons. The number of nitrogens with two attached hydrogens (primary N) is 1. The van der Waals surface area contributed by atoms with Crippen LogP contribution in [0.25, 0.3) is 0 Å². The summed E-state index contributed by atoms with van der Waals surface area (Å²) in [4.78, 5) is 11.8. The summed E-state index contributed by atoms with van der Waals surface area (Å²) in [5, 5.41) is 5.94. The molecule has 0 aromatic rings. The summed E-state index contributed by atoms with van der Waals surface area (Å²) in [5.74, 6) is 0. The van der Waals surface area contributed by atoms with E-state index >= 15 is 0 Å². The third kappa shape index (κ3) is 3.85. The van der Waals surface area contributed by atoms with Crippen molar-refractivity contribution in [1.29, 1.82) is 0 Å². The molecular formula is C12H23N3O2. The SMILES string of the molecule is NC1CCCCCC1NC(=O)NC1CCOC1. The molecule has 1 saturated heterocycles. The first kappa shape index (κ1) is 12.6. The zero-order chi connectivity index (χ0) is 12.1. The van der Waals surface area contributed by atoms with Gasteiger partial charge in [-0.1, -0.05) is 19.3 Å². The quantitative estimate of drug-likeness (QED) is 0.624. The minimum absolute atomic E-state index is 0.0946. The summed E-state index contributed by atoms with van der Waals surface area (Å²) in [6.07, 6.45) is 6.48. The van der Waals surface area contributed by atoms with Gasteiger partial charge in [-0.05, 0) is 19.3 Å². The Labute approximate surface area is 102 Å². The minimum Gasteiger partial charge on any atom is -0.379 e. The van der Waals surface area contributed by atoms with E-state index in [1.165, 1.54) is 12.8 Å². The molecule has 2 fully saturated rings. The van der Waals surface area contributed by atoms with E-state index in [0.29, 0.717) is 6.61 Å². The highest BCUT2D eigenvalue weighted by Crippen LogP contribution is 2.16. The molecular weight excluding hydrogens is 218 g/mol. The van der Waals surface area contributed by atoms with Crippen LogP contribution in [0, 0.1) is 0 Å². The Kier molecular flexibility index (Phi) is 4.62. The van der Waals surface area contributed by atoms with E-state index in [1.54, 1.807) is 0 Å². The smallest absolute Gasteiger partial charge is 0.315 e. The summed E-state index contributed by atoms with van der Waals surface area (Å²) in [6.45, 7) is 1.37. The van der Waals surface area contributed by atoms with Gasteiger partial charge in [-0.3, -0.25) is 0 Å². The number of carbonyl (C=O) groups excluding carboxylic acids is 1. The number of urea groups is 1. The molecule has 1 aliphatic heterocycles. The van der Waals surface area contributed by atoms with Gasteiger partial charge in [-0.2, -0.15) is 0 Å². The fourth-order valence-electron chi connectivity index (χ4n) is 2.56. The van der Waals surface area contributed by atoms with Crippen LogP contribution in [0.3, 0.4) is 0 Å². The average molecular weight is 241 g/mol. The van der Waals surface area contributed by atoms with Gasteiger partial charge in [0.15, 0.2) is 0 Å². The molecule has 3 atom stereocenters. The van der Waals surface area contributed by atoms with Gasteiger partial charge in [0, 0.05) is 18.7 Å². The largest absolute Gasteiger partial charge is 0.379 e. The molecule has 1 heterocycles. The molecule has 2 aliphatic rings. The lowest BCUT2D eigenvalue weighted by molar-refractivity contribution is 0.187. The number of hydrogen-bond acceptors (Lipinski definition) is 3. The fraction of sp³-hybridized carbons (Fsp3) is 0.917. The predicted octanol–water partition coefficient (Wildman–Crippen LogP) is 0.734. The van der Waals surface area contributed by atoms with Gasteiger partial charge in [-0.15, -0.1) is 0 Å². The second-order valence-corrected chi connectivity index (χ2v) is 5.09. The van der Waals surface area contributed by atoms with Crippen molar-refractivity contribution in [3.8, 4) is 0 Å². The lowest BCUT2D eigenvalue weighted by atomic mass is 10.0. The number of carbonyl (C=O) groups is 1. The summed E-state index contributed by atoms with van der Waals surface area (Å²) in [7, 11) is 0. The van der Waals surface area contributed by atoms with E-state index in [2.05, 4.69) is 10.6 Å². The van der Waals surface area contributed by atoms with E-state index in [9.17, 15) is 4.79 Å². The zero-order valence-electron chi connectivity index (χ0n) is 10.3. The molecule has 4 N–H and O–H groups in total. The summed E-state index contributed by atoms with van der Waals surface area (Å²) >= 11 is 0. The van der Waals surface area contributed by atoms with Crippen molar-refractivity contribution in [2.24, 2.45) is 5.73 Å². The molecule has 0 aromatic heterocycles. The highest BCUT2D eigenvalue weighted by atomic mass is 16.5. The molecule has 0 spiro atoms. The molecule has 5 nitrogen and oxygen atoms in total. The van der Waals surface area contributed by atoms with Crippen LogP contribution < -0.4 is 16.4 Å². The molecule has 0 bridgehead atoms. The third-order valence-electron chi connectivity index (χ3n) is 3.65. The van der Waals surface area contributed by atoms with Crippen molar-refractivity contribution >= 4 is 6.03 Å². The van der Waals surface area contributed by atoms with E-state index in [1.807, 2.05) is 0 Å². The van der Waals surface area contributed by atoms with E-state index in [-0.39, 0.29) is 24.2 Å². The summed E-state index contributed by atoms with van der Waals surface area (Å²) in [6, 6.07) is 0.294. The van der Waals surface area contributed by atoms with Crippen LogP contribution in [0.4, 0.5) is 4.79 Å². The molecule has 3 unspecified atom stereocenters. The van der Waals surface area contributed by atoms with Gasteiger partial charge in [-0.25, -0.2) is 4.79 Å². The monoisotopic (exact) mass is 241 g/mol. The highest BCUT2D eigenvalue weighted by molar-refractivity contribution is 5.74. The van der Waals surface area contributed by atoms with Crippen molar-refractivity contribution in [2.75, 3.05) is 13.2 Å².